The number of imide groups is 1. The van der Waals surface area contributed by atoms with Gasteiger partial charge in [0.1, 0.15) is 33.5 Å². The van der Waals surface area contributed by atoms with Crippen molar-refractivity contribution in [2.24, 2.45) is 0 Å². The smallest absolute Gasteiger partial charge is 0.339 e. The first kappa shape index (κ1) is 28.3. The first-order valence-corrected chi connectivity index (χ1v) is 12.1. The highest BCUT2D eigenvalue weighted by Gasteiger charge is 2.40. The average molecular weight is 586 g/mol. The lowest BCUT2D eigenvalue weighted by Gasteiger charge is -2.19. The van der Waals surface area contributed by atoms with E-state index < -0.39 is 23.7 Å². The van der Waals surface area contributed by atoms with Crippen molar-refractivity contribution < 1.29 is 38.5 Å². The van der Waals surface area contributed by atoms with E-state index in [9.17, 15) is 24.3 Å². The van der Waals surface area contributed by atoms with E-state index in [-0.39, 0.29) is 49.8 Å². The number of hydrogen-bond donors (Lipinski definition) is 3. The van der Waals surface area contributed by atoms with E-state index in [1.54, 1.807) is 12.1 Å². The van der Waals surface area contributed by atoms with E-state index in [0.717, 1.165) is 4.90 Å². The molecule has 3 N–H and O–H groups in total. The summed E-state index contributed by atoms with van der Waals surface area (Å²) < 4.78 is 15.6. The minimum Gasteiger partial charge on any atom is -0.497 e. The van der Waals surface area contributed by atoms with Crippen molar-refractivity contribution in [3.8, 4) is 17.2 Å². The predicted molar refractivity (Wildman–Crippen MR) is 148 cm³/mol. The van der Waals surface area contributed by atoms with Crippen LogP contribution >= 0.6 is 23.2 Å². The van der Waals surface area contributed by atoms with E-state index in [1.807, 2.05) is 0 Å². The molecule has 0 saturated carbocycles. The Morgan fingerprint density at radius 3 is 2.12 bits per heavy atom. The number of carboxylic acids is 1. The number of carbonyl (C=O) groups is 4. The number of anilines is 3. The van der Waals surface area contributed by atoms with Crippen molar-refractivity contribution in [2.45, 2.75) is 0 Å². The van der Waals surface area contributed by atoms with Gasteiger partial charge >= 0.3 is 5.97 Å². The van der Waals surface area contributed by atoms with Crippen molar-refractivity contribution in [2.75, 3.05) is 36.9 Å². The third-order valence-electron chi connectivity index (χ3n) is 5.84. The maximum absolute atomic E-state index is 13.2. The molecular weight excluding hydrogens is 565 g/mol. The molecule has 1 aliphatic heterocycles. The number of methoxy groups -OCH3 is 3. The van der Waals surface area contributed by atoms with Crippen LogP contribution in [0.25, 0.3) is 0 Å². The minimum absolute atomic E-state index is 0.00745. The molecule has 206 valence electrons. The lowest BCUT2D eigenvalue weighted by atomic mass is 10.1. The Balaban J connectivity index is 1.52. The normalized spacial score (nSPS) is 12.9. The number of carbonyl (C=O) groups excluding carboxylic acids is 3. The van der Waals surface area contributed by atoms with Crippen LogP contribution in [0.15, 0.2) is 65.3 Å². The molecule has 0 unspecified atom stereocenters. The molecule has 0 aromatic heterocycles. The van der Waals surface area contributed by atoms with Gasteiger partial charge in [-0.3, -0.25) is 14.4 Å². The van der Waals surface area contributed by atoms with Crippen LogP contribution in [0.3, 0.4) is 0 Å². The van der Waals surface area contributed by atoms with Crippen LogP contribution in [-0.4, -0.2) is 50.1 Å². The summed E-state index contributed by atoms with van der Waals surface area (Å²) in [6.07, 6.45) is 0. The molecular formula is C27H21Cl2N3O8. The summed E-state index contributed by atoms with van der Waals surface area (Å²) in [6, 6.07) is 13.1. The molecule has 4 rings (SSSR count). The zero-order valence-electron chi connectivity index (χ0n) is 21.2. The van der Waals surface area contributed by atoms with Gasteiger partial charge in [-0.1, -0.05) is 23.2 Å². The third-order valence-corrected chi connectivity index (χ3v) is 6.50. The van der Waals surface area contributed by atoms with Gasteiger partial charge in [0, 0.05) is 23.4 Å². The molecule has 3 aromatic carbocycles. The second kappa shape index (κ2) is 11.6. The first-order chi connectivity index (χ1) is 19.1. The van der Waals surface area contributed by atoms with E-state index in [1.165, 1.54) is 63.8 Å². The number of ether oxygens (including phenoxy) is 3. The molecule has 0 atom stereocenters. The molecule has 1 aliphatic rings. The second-order valence-corrected chi connectivity index (χ2v) is 8.95. The monoisotopic (exact) mass is 585 g/mol. The average Bonchev–Trinajstić information content (AvgIpc) is 3.16. The molecule has 0 aliphatic carbocycles. The summed E-state index contributed by atoms with van der Waals surface area (Å²) in [5.41, 5.74) is 0.583. The summed E-state index contributed by atoms with van der Waals surface area (Å²) in [4.78, 5) is 51.1. The van der Waals surface area contributed by atoms with E-state index in [4.69, 9.17) is 37.4 Å². The van der Waals surface area contributed by atoms with Gasteiger partial charge in [0.15, 0.2) is 0 Å². The van der Waals surface area contributed by atoms with Crippen molar-refractivity contribution in [1.82, 2.24) is 0 Å². The minimum atomic E-state index is -1.23. The number of halogens is 2. The topological polar surface area (TPSA) is 144 Å². The number of aromatic carboxylic acids is 1. The summed E-state index contributed by atoms with van der Waals surface area (Å²) >= 11 is 12.4. The number of amides is 3. The number of nitrogens with zero attached hydrogens (tertiary/aromatic N) is 1. The number of nitrogens with one attached hydrogen (secondary N) is 2. The third kappa shape index (κ3) is 5.37. The maximum atomic E-state index is 13.2. The summed E-state index contributed by atoms with van der Waals surface area (Å²) in [7, 11) is 4.14. The van der Waals surface area contributed by atoms with Gasteiger partial charge in [0.25, 0.3) is 17.7 Å². The van der Waals surface area contributed by atoms with Gasteiger partial charge in [-0.15, -0.1) is 0 Å². The van der Waals surface area contributed by atoms with E-state index in [0.29, 0.717) is 11.4 Å². The SMILES string of the molecule is COc1ccc(OC)c(N2C(=O)C(Cl)=C(Nc3ccc(C(=O)Nc4cc(OC)c(C(=O)O)cc4Cl)cc3)C2=O)c1. The number of hydrogen-bond acceptors (Lipinski definition) is 8. The van der Waals surface area contributed by atoms with Crippen molar-refractivity contribution >= 4 is 64.0 Å². The van der Waals surface area contributed by atoms with Gasteiger partial charge in [-0.05, 0) is 42.5 Å². The summed E-state index contributed by atoms with van der Waals surface area (Å²) in [5.74, 6) is -2.55. The molecule has 0 saturated heterocycles. The summed E-state index contributed by atoms with van der Waals surface area (Å²) in [5, 5.41) is 14.4. The summed E-state index contributed by atoms with van der Waals surface area (Å²) in [6.45, 7) is 0. The fourth-order valence-corrected chi connectivity index (χ4v) is 4.25. The Hall–Kier alpha value is -4.74. The molecule has 1 heterocycles. The molecule has 11 nitrogen and oxygen atoms in total. The first-order valence-electron chi connectivity index (χ1n) is 11.4. The molecule has 40 heavy (non-hydrogen) atoms. The number of benzene rings is 3. The molecule has 0 spiro atoms. The Bertz CT molecular complexity index is 1570. The van der Waals surface area contributed by atoms with Crippen LogP contribution in [0, 0.1) is 0 Å². The van der Waals surface area contributed by atoms with Gasteiger partial charge in [0.05, 0.1) is 37.7 Å². The van der Waals surface area contributed by atoms with Crippen molar-refractivity contribution in [1.29, 1.82) is 0 Å². The number of rotatable bonds is 9. The van der Waals surface area contributed by atoms with Crippen molar-refractivity contribution in [3.05, 3.63) is 81.5 Å². The van der Waals surface area contributed by atoms with Crippen LogP contribution < -0.4 is 29.7 Å². The maximum Gasteiger partial charge on any atom is 0.339 e. The highest BCUT2D eigenvalue weighted by atomic mass is 35.5. The van der Waals surface area contributed by atoms with Crippen molar-refractivity contribution in [3.63, 3.8) is 0 Å². The lowest BCUT2D eigenvalue weighted by molar-refractivity contribution is -0.120. The van der Waals surface area contributed by atoms with Crippen LogP contribution in [0.2, 0.25) is 5.02 Å². The molecule has 0 bridgehead atoms. The van der Waals surface area contributed by atoms with Gasteiger partial charge in [-0.2, -0.15) is 0 Å². The second-order valence-electron chi connectivity index (χ2n) is 8.17. The zero-order chi connectivity index (χ0) is 29.1. The zero-order valence-corrected chi connectivity index (χ0v) is 22.7. The Labute approximate surface area is 237 Å². The predicted octanol–water partition coefficient (Wildman–Crippen LogP) is 4.75. The van der Waals surface area contributed by atoms with Crippen LogP contribution in [0.1, 0.15) is 20.7 Å². The van der Waals surface area contributed by atoms with E-state index in [2.05, 4.69) is 10.6 Å². The number of carboxylic acid groups (broad SMARTS) is 1. The van der Waals surface area contributed by atoms with Crippen LogP contribution in [-0.2, 0) is 9.59 Å². The van der Waals surface area contributed by atoms with E-state index >= 15 is 0 Å². The Kier molecular flexibility index (Phi) is 8.17. The Morgan fingerprint density at radius 1 is 0.850 bits per heavy atom. The fourth-order valence-electron chi connectivity index (χ4n) is 3.83. The lowest BCUT2D eigenvalue weighted by Crippen LogP contribution is -2.32. The highest BCUT2D eigenvalue weighted by molar-refractivity contribution is 6.53. The molecule has 3 amide bonds. The van der Waals surface area contributed by atoms with Gasteiger partial charge < -0.3 is 30.0 Å². The van der Waals surface area contributed by atoms with Crippen LogP contribution in [0.4, 0.5) is 17.1 Å². The molecule has 0 radical (unpaired) electrons. The molecule has 0 fully saturated rings. The van der Waals surface area contributed by atoms with Crippen LogP contribution in [0.5, 0.6) is 17.2 Å². The quantitative estimate of drug-likeness (QED) is 0.303. The Morgan fingerprint density at radius 2 is 1.52 bits per heavy atom. The molecule has 13 heteroatoms. The fraction of sp³-hybridized carbons (Fsp3) is 0.111. The van der Waals surface area contributed by atoms with Gasteiger partial charge in [-0.25, -0.2) is 9.69 Å². The largest absolute Gasteiger partial charge is 0.497 e. The van der Waals surface area contributed by atoms with Gasteiger partial charge in [0.2, 0.25) is 0 Å². The highest BCUT2D eigenvalue weighted by Crippen LogP contribution is 2.38. The molecule has 3 aromatic rings. The standard InChI is InChI=1S/C27H21Cl2N3O8/c1-38-15-8-9-20(39-2)19(10-15)32-25(34)22(29)23(26(32)35)30-14-6-4-13(5-7-14)24(33)31-18-12-21(40-3)16(27(36)37)11-17(18)28/h4-12,30H,1-3H3,(H,31,33)(H,36,37).